The van der Waals surface area contributed by atoms with Crippen molar-refractivity contribution in [3.63, 3.8) is 0 Å². The molecule has 0 radical (unpaired) electrons. The number of benzene rings is 3. The van der Waals surface area contributed by atoms with Gasteiger partial charge in [0.25, 0.3) is 11.5 Å². The number of aromatic nitrogens is 2. The fourth-order valence-corrected chi connectivity index (χ4v) is 5.22. The molecule has 1 aliphatic rings. The summed E-state index contributed by atoms with van der Waals surface area (Å²) >= 11 is 0. The average Bonchev–Trinajstić information content (AvgIpc) is 3.01. The molecule has 0 saturated heterocycles. The largest absolute Gasteiger partial charge is 0.465 e. The first-order valence-corrected chi connectivity index (χ1v) is 14.5. The zero-order valence-corrected chi connectivity index (χ0v) is 25.1. The second kappa shape index (κ2) is 12.5. The zero-order chi connectivity index (χ0) is 31.6. The molecule has 3 aromatic carbocycles. The lowest BCUT2D eigenvalue weighted by Gasteiger charge is -2.36. The van der Waals surface area contributed by atoms with Gasteiger partial charge in [-0.25, -0.2) is 9.18 Å². The van der Waals surface area contributed by atoms with Crippen LogP contribution in [0, 0.1) is 18.3 Å². The number of ether oxygens (including phenoxy) is 2. The Hall–Kier alpha value is -4.63. The van der Waals surface area contributed by atoms with E-state index in [4.69, 9.17) is 9.47 Å². The van der Waals surface area contributed by atoms with Crippen molar-refractivity contribution in [3.05, 3.63) is 129 Å². The second-order valence-corrected chi connectivity index (χ2v) is 12.1. The van der Waals surface area contributed by atoms with E-state index >= 15 is 4.39 Å². The van der Waals surface area contributed by atoms with Crippen LogP contribution in [0.15, 0.2) is 101 Å². The third-order valence-electron chi connectivity index (χ3n) is 7.72. The molecule has 1 aromatic heterocycles. The van der Waals surface area contributed by atoms with Crippen LogP contribution in [0.25, 0.3) is 10.8 Å². The highest BCUT2D eigenvalue weighted by atomic mass is 19.1. The number of carbonyl (C=O) groups excluding carboxylic acids is 2. The summed E-state index contributed by atoms with van der Waals surface area (Å²) in [5.74, 6) is -1.89. The Bertz CT molecular complexity index is 1840. The van der Waals surface area contributed by atoms with Crippen molar-refractivity contribution >= 4 is 22.6 Å². The van der Waals surface area contributed by atoms with Crippen LogP contribution in [0.3, 0.4) is 0 Å². The highest BCUT2D eigenvalue weighted by Crippen LogP contribution is 2.33. The van der Waals surface area contributed by atoms with Gasteiger partial charge >= 0.3 is 11.7 Å². The highest BCUT2D eigenvalue weighted by Gasteiger charge is 2.40. The third-order valence-corrected chi connectivity index (χ3v) is 7.72. The van der Waals surface area contributed by atoms with Crippen LogP contribution >= 0.6 is 0 Å². The average molecular weight is 599 g/mol. The maximum Gasteiger partial charge on any atom is 0.338 e. The number of aryl methyl sites for hydroxylation is 1. The topological polar surface area (TPSA) is 96.6 Å². The predicted octanol–water partition coefficient (Wildman–Crippen LogP) is 5.40. The van der Waals surface area contributed by atoms with Crippen LogP contribution in [0.5, 0.6) is 0 Å². The van der Waals surface area contributed by atoms with E-state index in [9.17, 15) is 19.2 Å². The van der Waals surface area contributed by atoms with E-state index in [1.165, 1.54) is 31.3 Å². The first-order chi connectivity index (χ1) is 21.0. The van der Waals surface area contributed by atoms with Gasteiger partial charge in [0.05, 0.1) is 18.1 Å². The van der Waals surface area contributed by atoms with Crippen molar-refractivity contribution < 1.29 is 23.5 Å². The monoisotopic (exact) mass is 598 g/mol. The van der Waals surface area contributed by atoms with Gasteiger partial charge in [-0.1, -0.05) is 66.7 Å². The Morgan fingerprint density at radius 2 is 1.59 bits per heavy atom. The molecule has 0 spiro atoms. The molecule has 1 heterocycles. The predicted molar refractivity (Wildman–Crippen MR) is 165 cm³/mol. The molecule has 0 fully saturated rings. The van der Waals surface area contributed by atoms with E-state index in [1.807, 2.05) is 42.5 Å². The van der Waals surface area contributed by atoms with Crippen molar-refractivity contribution in [2.75, 3.05) is 6.61 Å². The molecule has 0 aliphatic heterocycles. The molecule has 0 bridgehead atoms. The standard InChI is InChI=1S/C35H35FN2O6/c1-22-19-37(34(42)38(31(22)39)32(40)25-11-6-5-7-12-25)28-17-16-27(21-44-33(41)35(2,3)4)30(29(28)36)43-20-23-14-15-24-10-8-9-13-26(24)18-23/h5-19,27-30H,20-21H2,1-4H3/t27-,28-,29+,30-/m1/s1. The van der Waals surface area contributed by atoms with Crippen LogP contribution in [0.1, 0.15) is 48.3 Å². The molecule has 44 heavy (non-hydrogen) atoms. The molecule has 1 aliphatic carbocycles. The maximum absolute atomic E-state index is 16.6. The summed E-state index contributed by atoms with van der Waals surface area (Å²) in [6, 6.07) is 20.5. The van der Waals surface area contributed by atoms with Gasteiger partial charge in [-0.3, -0.25) is 19.0 Å². The van der Waals surface area contributed by atoms with Gasteiger partial charge in [0, 0.05) is 23.2 Å². The molecule has 0 amide bonds. The van der Waals surface area contributed by atoms with E-state index in [1.54, 1.807) is 45.0 Å². The Kier molecular flexibility index (Phi) is 8.78. The van der Waals surface area contributed by atoms with Gasteiger partial charge in [-0.05, 0) is 62.2 Å². The van der Waals surface area contributed by atoms with Crippen LogP contribution in [0.4, 0.5) is 4.39 Å². The number of allylic oxidation sites excluding steroid dienone is 1. The minimum atomic E-state index is -1.78. The maximum atomic E-state index is 16.6. The van der Waals surface area contributed by atoms with E-state index < -0.39 is 52.8 Å². The third kappa shape index (κ3) is 6.33. The molecule has 4 aromatic rings. The van der Waals surface area contributed by atoms with Crippen molar-refractivity contribution in [3.8, 4) is 0 Å². The van der Waals surface area contributed by atoms with E-state index in [0.29, 0.717) is 4.57 Å². The Balaban J connectivity index is 1.49. The SMILES string of the molecule is Cc1cn([C@@H]2C=C[C@H](COC(=O)C(C)(C)C)[C@@H](OCc3ccc4ccccc4c3)[C@H]2F)c(=O)n(C(=O)c2ccccc2)c1=O. The van der Waals surface area contributed by atoms with Crippen molar-refractivity contribution in [1.29, 1.82) is 0 Å². The first-order valence-electron chi connectivity index (χ1n) is 14.5. The number of rotatable bonds is 7. The van der Waals surface area contributed by atoms with Crippen molar-refractivity contribution in [1.82, 2.24) is 9.13 Å². The number of halogens is 1. The van der Waals surface area contributed by atoms with Crippen LogP contribution < -0.4 is 11.2 Å². The van der Waals surface area contributed by atoms with Gasteiger partial charge in [0.1, 0.15) is 12.7 Å². The quantitative estimate of drug-likeness (QED) is 0.209. The molecule has 9 heteroatoms. The molecule has 4 atom stereocenters. The van der Waals surface area contributed by atoms with Crippen LogP contribution in [0.2, 0.25) is 0 Å². The van der Waals surface area contributed by atoms with Crippen molar-refractivity contribution in [2.24, 2.45) is 11.3 Å². The molecule has 228 valence electrons. The van der Waals surface area contributed by atoms with Gasteiger partial charge in [0.2, 0.25) is 0 Å². The molecule has 5 rings (SSSR count). The lowest BCUT2D eigenvalue weighted by Crippen LogP contribution is -2.50. The first kappa shape index (κ1) is 30.8. The summed E-state index contributed by atoms with van der Waals surface area (Å²) in [7, 11) is 0. The number of carbonyl (C=O) groups is 2. The normalized spacial score (nSPS) is 20.0. The molecular formula is C35H35FN2O6. The lowest BCUT2D eigenvalue weighted by molar-refractivity contribution is -0.156. The molecule has 0 unspecified atom stereocenters. The van der Waals surface area contributed by atoms with Gasteiger partial charge < -0.3 is 9.47 Å². The summed E-state index contributed by atoms with van der Waals surface area (Å²) in [5.41, 5.74) is -1.41. The van der Waals surface area contributed by atoms with Gasteiger partial charge in [0.15, 0.2) is 6.17 Å². The second-order valence-electron chi connectivity index (χ2n) is 12.1. The van der Waals surface area contributed by atoms with E-state index in [2.05, 4.69) is 0 Å². The smallest absolute Gasteiger partial charge is 0.338 e. The summed E-state index contributed by atoms with van der Waals surface area (Å²) in [6.07, 6.45) is 1.54. The molecule has 8 nitrogen and oxygen atoms in total. The Morgan fingerprint density at radius 1 is 0.909 bits per heavy atom. The van der Waals surface area contributed by atoms with E-state index in [0.717, 1.165) is 20.9 Å². The Morgan fingerprint density at radius 3 is 2.30 bits per heavy atom. The van der Waals surface area contributed by atoms with Gasteiger partial charge in [-0.15, -0.1) is 0 Å². The molecular weight excluding hydrogens is 563 g/mol. The fraction of sp³-hybridized carbons (Fsp3) is 0.314. The minimum Gasteiger partial charge on any atom is -0.465 e. The highest BCUT2D eigenvalue weighted by molar-refractivity contribution is 5.95. The molecule has 0 N–H and O–H groups in total. The number of fused-ring (bicyclic) bond motifs is 1. The van der Waals surface area contributed by atoms with Crippen molar-refractivity contribution in [2.45, 2.75) is 52.6 Å². The van der Waals surface area contributed by atoms with E-state index in [-0.39, 0.29) is 24.3 Å². The Labute approximate surface area is 254 Å². The molecule has 0 saturated carbocycles. The summed E-state index contributed by atoms with van der Waals surface area (Å²) < 4.78 is 29.9. The zero-order valence-electron chi connectivity index (χ0n) is 25.1. The number of hydrogen-bond acceptors (Lipinski definition) is 6. The summed E-state index contributed by atoms with van der Waals surface area (Å²) in [4.78, 5) is 52.3. The number of alkyl halides is 1. The summed E-state index contributed by atoms with van der Waals surface area (Å²) in [6.45, 7) is 6.61. The van der Waals surface area contributed by atoms with Crippen LogP contribution in [-0.4, -0.2) is 39.9 Å². The lowest BCUT2D eigenvalue weighted by atomic mass is 9.88. The minimum absolute atomic E-state index is 0.0696. The number of nitrogens with zero attached hydrogens (tertiary/aromatic N) is 2. The number of esters is 1. The van der Waals surface area contributed by atoms with Gasteiger partial charge in [-0.2, -0.15) is 4.57 Å². The van der Waals surface area contributed by atoms with Crippen LogP contribution in [-0.2, 0) is 20.9 Å². The fourth-order valence-electron chi connectivity index (χ4n) is 5.22. The summed E-state index contributed by atoms with van der Waals surface area (Å²) in [5, 5.41) is 2.07. The number of hydrogen-bond donors (Lipinski definition) is 0.